The zero-order valence-corrected chi connectivity index (χ0v) is 14.3. The highest BCUT2D eigenvalue weighted by Crippen LogP contribution is 2.31. The van der Waals surface area contributed by atoms with Crippen molar-refractivity contribution in [1.82, 2.24) is 0 Å². The number of aryl methyl sites for hydroxylation is 3. The van der Waals surface area contributed by atoms with Gasteiger partial charge in [-0.3, -0.25) is 4.72 Å². The summed E-state index contributed by atoms with van der Waals surface area (Å²) in [6.45, 7) is 4.97. The van der Waals surface area contributed by atoms with Crippen LogP contribution in [0.4, 0.5) is 5.69 Å². The van der Waals surface area contributed by atoms with Gasteiger partial charge in [-0.05, 0) is 53.9 Å². The Morgan fingerprint density at radius 2 is 1.90 bits per heavy atom. The number of furan rings is 1. The predicted octanol–water partition coefficient (Wildman–Crippen LogP) is 3.26. The van der Waals surface area contributed by atoms with Crippen molar-refractivity contribution < 1.29 is 17.9 Å². The molecule has 2 N–H and O–H groups in total. The minimum atomic E-state index is -3.78. The van der Waals surface area contributed by atoms with Gasteiger partial charge in [0.15, 0.2) is 0 Å². The van der Waals surface area contributed by atoms with Crippen LogP contribution in [0.25, 0.3) is 0 Å². The maximum atomic E-state index is 12.5. The fourth-order valence-corrected chi connectivity index (χ4v) is 4.36. The topological polar surface area (TPSA) is 79.5 Å². The first-order chi connectivity index (χ1) is 9.74. The fourth-order valence-electron chi connectivity index (χ4n) is 2.10. The lowest BCUT2D eigenvalue weighted by atomic mass is 10.1. The summed E-state index contributed by atoms with van der Waals surface area (Å²) < 4.78 is 33.4. The van der Waals surface area contributed by atoms with E-state index in [1.165, 1.54) is 6.07 Å². The highest BCUT2D eigenvalue weighted by molar-refractivity contribution is 9.10. The van der Waals surface area contributed by atoms with E-state index in [-0.39, 0.29) is 23.0 Å². The zero-order chi connectivity index (χ0) is 15.8. The minimum Gasteiger partial charge on any atom is -0.462 e. The van der Waals surface area contributed by atoms with E-state index in [1.807, 2.05) is 26.0 Å². The van der Waals surface area contributed by atoms with E-state index in [0.29, 0.717) is 10.2 Å². The molecule has 0 aliphatic heterocycles. The summed E-state index contributed by atoms with van der Waals surface area (Å²) in [7, 11) is -3.78. The predicted molar refractivity (Wildman–Crippen MR) is 83.8 cm³/mol. The third-order valence-electron chi connectivity index (χ3n) is 3.04. The van der Waals surface area contributed by atoms with Crippen molar-refractivity contribution in [3.8, 4) is 0 Å². The molecule has 1 heterocycles. The van der Waals surface area contributed by atoms with E-state index < -0.39 is 10.0 Å². The molecule has 0 amide bonds. The van der Waals surface area contributed by atoms with E-state index in [9.17, 15) is 8.42 Å². The number of benzene rings is 1. The molecule has 114 valence electrons. The van der Waals surface area contributed by atoms with Crippen LogP contribution < -0.4 is 4.72 Å². The second kappa shape index (κ2) is 5.82. The molecule has 0 unspecified atom stereocenters. The molecular formula is C14H16BrNO4S. The van der Waals surface area contributed by atoms with Crippen molar-refractivity contribution in [2.24, 2.45) is 0 Å². The summed E-state index contributed by atoms with van der Waals surface area (Å²) in [5.74, 6) is 0.458. The second-order valence-electron chi connectivity index (χ2n) is 4.84. The van der Waals surface area contributed by atoms with Crippen LogP contribution in [0.5, 0.6) is 0 Å². The van der Waals surface area contributed by atoms with Gasteiger partial charge in [0.1, 0.15) is 23.0 Å². The Kier molecular flexibility index (Phi) is 4.46. The lowest BCUT2D eigenvalue weighted by molar-refractivity contribution is 0.245. The van der Waals surface area contributed by atoms with Crippen molar-refractivity contribution >= 4 is 31.6 Å². The summed E-state index contributed by atoms with van der Waals surface area (Å²) in [6.07, 6.45) is 0. The first-order valence-corrected chi connectivity index (χ1v) is 8.52. The summed E-state index contributed by atoms with van der Waals surface area (Å²) in [5, 5.41) is 9.03. The normalized spacial score (nSPS) is 11.7. The molecule has 0 saturated carbocycles. The van der Waals surface area contributed by atoms with Crippen molar-refractivity contribution in [2.75, 3.05) is 4.72 Å². The number of sulfonamides is 1. The average molecular weight is 374 g/mol. The van der Waals surface area contributed by atoms with Crippen LogP contribution in [0.3, 0.4) is 0 Å². The van der Waals surface area contributed by atoms with Gasteiger partial charge in [-0.15, -0.1) is 0 Å². The molecule has 1 aromatic heterocycles. The molecule has 21 heavy (non-hydrogen) atoms. The van der Waals surface area contributed by atoms with E-state index in [4.69, 9.17) is 9.52 Å². The number of rotatable bonds is 4. The van der Waals surface area contributed by atoms with Crippen LogP contribution in [-0.4, -0.2) is 13.5 Å². The van der Waals surface area contributed by atoms with Crippen LogP contribution in [0, 0.1) is 20.8 Å². The maximum Gasteiger partial charge on any atom is 0.265 e. The number of hydrogen-bond acceptors (Lipinski definition) is 4. The number of aliphatic hydroxyl groups is 1. The molecule has 0 aliphatic carbocycles. The third kappa shape index (κ3) is 3.30. The summed E-state index contributed by atoms with van der Waals surface area (Å²) >= 11 is 3.37. The number of hydrogen-bond donors (Lipinski definition) is 2. The summed E-state index contributed by atoms with van der Waals surface area (Å²) in [4.78, 5) is 0.0263. The van der Waals surface area contributed by atoms with Crippen molar-refractivity contribution in [2.45, 2.75) is 32.3 Å². The SMILES string of the molecule is Cc1cc(C)c(NS(=O)(=O)c2cc(CO)oc2C)c(Br)c1. The Labute approximate surface area is 132 Å². The van der Waals surface area contributed by atoms with Gasteiger partial charge in [-0.25, -0.2) is 8.42 Å². The van der Waals surface area contributed by atoms with Gasteiger partial charge in [0.25, 0.3) is 10.0 Å². The van der Waals surface area contributed by atoms with E-state index in [0.717, 1.165) is 11.1 Å². The molecule has 2 rings (SSSR count). The Hall–Kier alpha value is -1.31. The van der Waals surface area contributed by atoms with Gasteiger partial charge in [-0.2, -0.15) is 0 Å². The largest absolute Gasteiger partial charge is 0.462 e. The van der Waals surface area contributed by atoms with Crippen LogP contribution >= 0.6 is 15.9 Å². The lowest BCUT2D eigenvalue weighted by Gasteiger charge is -2.12. The van der Waals surface area contributed by atoms with E-state index in [2.05, 4.69) is 20.7 Å². The Balaban J connectivity index is 2.44. The van der Waals surface area contributed by atoms with Crippen LogP contribution in [-0.2, 0) is 16.6 Å². The van der Waals surface area contributed by atoms with Crippen LogP contribution in [0.1, 0.15) is 22.6 Å². The highest BCUT2D eigenvalue weighted by atomic mass is 79.9. The first-order valence-electron chi connectivity index (χ1n) is 6.24. The second-order valence-corrected chi connectivity index (χ2v) is 7.34. The molecule has 2 aromatic rings. The van der Waals surface area contributed by atoms with Gasteiger partial charge in [0.05, 0.1) is 5.69 Å². The molecule has 7 heteroatoms. The van der Waals surface area contributed by atoms with Crippen molar-refractivity contribution in [3.05, 3.63) is 45.3 Å². The molecule has 0 fully saturated rings. The molecule has 0 radical (unpaired) electrons. The monoisotopic (exact) mass is 373 g/mol. The molecular weight excluding hydrogens is 358 g/mol. The van der Waals surface area contributed by atoms with Crippen molar-refractivity contribution in [3.63, 3.8) is 0 Å². The zero-order valence-electron chi connectivity index (χ0n) is 11.9. The van der Waals surface area contributed by atoms with Gasteiger partial charge in [0.2, 0.25) is 0 Å². The number of nitrogens with one attached hydrogen (secondary N) is 1. The molecule has 0 saturated heterocycles. The quantitative estimate of drug-likeness (QED) is 0.861. The first kappa shape index (κ1) is 16.1. The number of aliphatic hydroxyl groups excluding tert-OH is 1. The number of anilines is 1. The molecule has 0 aliphatic rings. The fraction of sp³-hybridized carbons (Fsp3) is 0.286. The average Bonchev–Trinajstić information content (AvgIpc) is 2.76. The lowest BCUT2D eigenvalue weighted by Crippen LogP contribution is -2.14. The molecule has 0 bridgehead atoms. The maximum absolute atomic E-state index is 12.5. The summed E-state index contributed by atoms with van der Waals surface area (Å²) in [6, 6.07) is 5.06. The molecule has 5 nitrogen and oxygen atoms in total. The van der Waals surface area contributed by atoms with E-state index >= 15 is 0 Å². The molecule has 1 aromatic carbocycles. The van der Waals surface area contributed by atoms with E-state index in [1.54, 1.807) is 6.92 Å². The Morgan fingerprint density at radius 3 is 2.43 bits per heavy atom. The number of halogens is 1. The standard InChI is InChI=1S/C14H16BrNO4S/c1-8-4-9(2)14(12(15)5-8)16-21(18,19)13-6-11(7-17)20-10(13)3/h4-6,16-17H,7H2,1-3H3. The van der Waals surface area contributed by atoms with Gasteiger partial charge in [0, 0.05) is 10.5 Å². The summed E-state index contributed by atoms with van der Waals surface area (Å²) in [5.41, 5.74) is 2.34. The smallest absolute Gasteiger partial charge is 0.265 e. The third-order valence-corrected chi connectivity index (χ3v) is 5.12. The van der Waals surface area contributed by atoms with Gasteiger partial charge >= 0.3 is 0 Å². The Bertz CT molecular complexity index is 757. The van der Waals surface area contributed by atoms with Gasteiger partial charge in [-0.1, -0.05) is 6.07 Å². The van der Waals surface area contributed by atoms with Crippen LogP contribution in [0.15, 0.2) is 32.0 Å². The van der Waals surface area contributed by atoms with Gasteiger partial charge < -0.3 is 9.52 Å². The molecule has 0 atom stereocenters. The Morgan fingerprint density at radius 1 is 1.24 bits per heavy atom. The van der Waals surface area contributed by atoms with Crippen molar-refractivity contribution in [1.29, 1.82) is 0 Å². The highest BCUT2D eigenvalue weighted by Gasteiger charge is 2.23. The van der Waals surface area contributed by atoms with Crippen LogP contribution in [0.2, 0.25) is 0 Å². The minimum absolute atomic E-state index is 0.0263. The molecule has 0 spiro atoms.